The number of para-hydroxylation sites is 1. The van der Waals surface area contributed by atoms with E-state index < -0.39 is 54.0 Å². The average Bonchev–Trinajstić information content (AvgIpc) is 3.41. The molecule has 1 aromatic rings. The van der Waals surface area contributed by atoms with Gasteiger partial charge in [-0.25, -0.2) is 14.4 Å². The molecule has 0 aliphatic carbocycles. The van der Waals surface area contributed by atoms with Crippen LogP contribution in [0.3, 0.4) is 0 Å². The molecule has 238 valence electrons. The molecule has 5 atom stereocenters. The molecule has 1 heterocycles. The van der Waals surface area contributed by atoms with Crippen molar-refractivity contribution in [2.75, 3.05) is 48.7 Å². The molecular weight excluding hydrogens is 679 g/mol. The number of nitrogens with zero attached hydrogens (tertiary/aromatic N) is 1. The van der Waals surface area contributed by atoms with Crippen molar-refractivity contribution in [1.29, 1.82) is 0 Å². The van der Waals surface area contributed by atoms with E-state index in [2.05, 4.69) is 35.9 Å². The van der Waals surface area contributed by atoms with Gasteiger partial charge in [0.05, 0.1) is 32.2 Å². The van der Waals surface area contributed by atoms with Crippen LogP contribution in [0.4, 0.5) is 10.5 Å². The van der Waals surface area contributed by atoms with E-state index in [1.165, 1.54) is 19.1 Å². The molecule has 1 aromatic carbocycles. The van der Waals surface area contributed by atoms with Crippen molar-refractivity contribution < 1.29 is 38.2 Å². The zero-order chi connectivity index (χ0) is 32.1. The Morgan fingerprint density at radius 1 is 0.884 bits per heavy atom. The standard InChI is InChI=1S/C24H33N5O8S6/c1-36-20(31)16(10-40-42-22(33)14(25)8-38)27-19(30)13-7-29(18-6-4-3-5-12(13)18)24(35)28-17(21(32)37-2)11-41-43-23(34)15(26)9-39/h3-6,13-17,38-39H,7-11,25-26H2,1-2H3,(H,27,30)(H,28,35)/t13?,14-,15-,16?,17?/m0/s1. The molecule has 0 spiro atoms. The number of urea groups is 1. The smallest absolute Gasteiger partial charge is 0.329 e. The molecule has 3 amide bonds. The number of esters is 2. The third-order valence-corrected chi connectivity index (χ3v) is 11.3. The maximum absolute atomic E-state index is 13.4. The zero-order valence-electron chi connectivity index (χ0n) is 23.1. The maximum atomic E-state index is 13.4. The number of fused-ring (bicyclic) bond motifs is 1. The molecule has 13 nitrogen and oxygen atoms in total. The number of hydrogen-bond acceptors (Lipinski definition) is 16. The highest BCUT2D eigenvalue weighted by Gasteiger charge is 2.39. The Kier molecular flexibility index (Phi) is 16.5. The number of carbonyl (C=O) groups excluding carboxylic acids is 6. The van der Waals surface area contributed by atoms with Crippen LogP contribution in [0.5, 0.6) is 0 Å². The fraction of sp³-hybridized carbons (Fsp3) is 0.500. The highest BCUT2D eigenvalue weighted by Crippen LogP contribution is 2.37. The molecule has 1 aliphatic heterocycles. The lowest BCUT2D eigenvalue weighted by Crippen LogP contribution is -2.50. The monoisotopic (exact) mass is 711 g/mol. The van der Waals surface area contributed by atoms with Gasteiger partial charge in [-0.2, -0.15) is 25.3 Å². The van der Waals surface area contributed by atoms with E-state index in [-0.39, 0.29) is 39.8 Å². The summed E-state index contributed by atoms with van der Waals surface area (Å²) in [5, 5.41) is 4.62. The van der Waals surface area contributed by atoms with Gasteiger partial charge in [-0.3, -0.25) is 19.3 Å². The van der Waals surface area contributed by atoms with Gasteiger partial charge in [-0.1, -0.05) is 39.8 Å². The van der Waals surface area contributed by atoms with Gasteiger partial charge >= 0.3 is 18.0 Å². The first-order chi connectivity index (χ1) is 20.5. The van der Waals surface area contributed by atoms with E-state index in [4.69, 9.17) is 20.9 Å². The molecule has 3 unspecified atom stereocenters. The van der Waals surface area contributed by atoms with E-state index in [1.54, 1.807) is 24.3 Å². The molecule has 19 heteroatoms. The second kappa shape index (κ2) is 18.9. The second-order valence-corrected chi connectivity index (χ2v) is 14.2. The molecular formula is C24H33N5O8S6. The minimum Gasteiger partial charge on any atom is -0.467 e. The number of benzene rings is 1. The Balaban J connectivity index is 2.12. The summed E-state index contributed by atoms with van der Waals surface area (Å²) in [4.78, 5) is 76.9. The van der Waals surface area contributed by atoms with Crippen LogP contribution in [0, 0.1) is 0 Å². The Morgan fingerprint density at radius 2 is 1.37 bits per heavy atom. The summed E-state index contributed by atoms with van der Waals surface area (Å²) in [6.45, 7) is -0.0901. The lowest BCUT2D eigenvalue weighted by atomic mass is 10.0. The van der Waals surface area contributed by atoms with E-state index in [0.717, 1.165) is 43.2 Å². The number of amides is 3. The van der Waals surface area contributed by atoms with E-state index >= 15 is 0 Å². The molecule has 43 heavy (non-hydrogen) atoms. The van der Waals surface area contributed by atoms with Crippen molar-refractivity contribution in [2.24, 2.45) is 11.5 Å². The van der Waals surface area contributed by atoms with Gasteiger partial charge in [-0.05, 0) is 33.2 Å². The first-order valence-corrected chi connectivity index (χ1v) is 18.4. The number of nitrogens with two attached hydrogens (primary N) is 2. The number of carbonyl (C=O) groups is 6. The predicted molar refractivity (Wildman–Crippen MR) is 179 cm³/mol. The van der Waals surface area contributed by atoms with Gasteiger partial charge in [-0.15, -0.1) is 0 Å². The number of methoxy groups -OCH3 is 2. The number of anilines is 1. The summed E-state index contributed by atoms with van der Waals surface area (Å²) in [6, 6.07) is 2.34. The van der Waals surface area contributed by atoms with Crippen LogP contribution in [0.15, 0.2) is 24.3 Å². The van der Waals surface area contributed by atoms with Crippen molar-refractivity contribution in [3.63, 3.8) is 0 Å². The molecule has 0 radical (unpaired) electrons. The van der Waals surface area contributed by atoms with Crippen molar-refractivity contribution >= 4 is 108 Å². The van der Waals surface area contributed by atoms with Crippen molar-refractivity contribution in [2.45, 2.75) is 30.1 Å². The summed E-state index contributed by atoms with van der Waals surface area (Å²) in [5.41, 5.74) is 12.3. The molecule has 2 rings (SSSR count). The number of thiol groups is 2. The highest BCUT2D eigenvalue weighted by atomic mass is 33.1. The quantitative estimate of drug-likeness (QED) is 0.0849. The lowest BCUT2D eigenvalue weighted by molar-refractivity contribution is -0.144. The largest absolute Gasteiger partial charge is 0.467 e. The summed E-state index contributed by atoms with van der Waals surface area (Å²) in [7, 11) is 6.12. The van der Waals surface area contributed by atoms with Gasteiger partial charge in [0.25, 0.3) is 0 Å². The van der Waals surface area contributed by atoms with Gasteiger partial charge < -0.3 is 31.6 Å². The first-order valence-electron chi connectivity index (χ1n) is 12.5. The Hall–Kier alpha value is -1.74. The first kappa shape index (κ1) is 37.4. The normalized spacial score (nSPS) is 16.7. The van der Waals surface area contributed by atoms with Gasteiger partial charge in [0.15, 0.2) is 0 Å². The van der Waals surface area contributed by atoms with Gasteiger partial charge in [0.1, 0.15) is 12.1 Å². The Morgan fingerprint density at radius 3 is 1.86 bits per heavy atom. The van der Waals surface area contributed by atoms with Crippen LogP contribution in [0.2, 0.25) is 0 Å². The maximum Gasteiger partial charge on any atom is 0.329 e. The minimum atomic E-state index is -1.10. The van der Waals surface area contributed by atoms with Crippen LogP contribution in [-0.4, -0.2) is 102 Å². The topological polar surface area (TPSA) is 200 Å². The van der Waals surface area contributed by atoms with Crippen molar-refractivity contribution in [1.82, 2.24) is 10.6 Å². The fourth-order valence-corrected chi connectivity index (χ4v) is 8.27. The van der Waals surface area contributed by atoms with E-state index in [1.807, 2.05) is 0 Å². The van der Waals surface area contributed by atoms with E-state index in [0.29, 0.717) is 11.3 Å². The predicted octanol–water partition coefficient (Wildman–Crippen LogP) is 0.829. The Bertz CT molecular complexity index is 1090. The molecule has 6 N–H and O–H groups in total. The van der Waals surface area contributed by atoms with Crippen LogP contribution in [0.25, 0.3) is 0 Å². The van der Waals surface area contributed by atoms with Gasteiger partial charge in [0.2, 0.25) is 16.1 Å². The molecule has 0 saturated heterocycles. The van der Waals surface area contributed by atoms with Crippen LogP contribution in [-0.2, 0) is 33.4 Å². The number of nitrogens with one attached hydrogen (secondary N) is 2. The molecule has 0 aromatic heterocycles. The summed E-state index contributed by atoms with van der Waals surface area (Å²) in [6.07, 6.45) is 0. The molecule has 1 aliphatic rings. The third kappa shape index (κ3) is 11.0. The Labute approximate surface area is 275 Å². The number of ether oxygens (including phenoxy) is 2. The fourth-order valence-electron chi connectivity index (χ4n) is 3.54. The molecule has 0 saturated carbocycles. The average molecular weight is 712 g/mol. The van der Waals surface area contributed by atoms with Crippen LogP contribution >= 0.6 is 68.4 Å². The van der Waals surface area contributed by atoms with Crippen LogP contribution < -0.4 is 27.0 Å². The van der Waals surface area contributed by atoms with Gasteiger partial charge in [0, 0.05) is 35.2 Å². The van der Waals surface area contributed by atoms with Crippen molar-refractivity contribution in [3.8, 4) is 0 Å². The third-order valence-electron chi connectivity index (χ3n) is 5.87. The SMILES string of the molecule is COC(=O)C(CSSC(=O)[C@@H](N)CS)NC(=O)C1CN(C(=O)NC(CSSC(=O)[C@@H](N)CS)C(=O)OC)c2ccccc21. The minimum absolute atomic E-state index is 0.00536. The van der Waals surface area contributed by atoms with Crippen LogP contribution in [0.1, 0.15) is 11.5 Å². The second-order valence-electron chi connectivity index (χ2n) is 8.78. The molecule has 0 bridgehead atoms. The zero-order valence-corrected chi connectivity index (χ0v) is 28.2. The summed E-state index contributed by atoms with van der Waals surface area (Å²) in [5.74, 6) is -2.48. The summed E-state index contributed by atoms with van der Waals surface area (Å²) < 4.78 is 9.64. The van der Waals surface area contributed by atoms with Crippen molar-refractivity contribution in [3.05, 3.63) is 29.8 Å². The molecule has 0 fully saturated rings. The lowest BCUT2D eigenvalue weighted by Gasteiger charge is -2.23. The summed E-state index contributed by atoms with van der Waals surface area (Å²) >= 11 is 7.99. The highest BCUT2D eigenvalue weighted by molar-refractivity contribution is 8.82. The number of rotatable bonds is 15. The number of hydrogen-bond donors (Lipinski definition) is 6. The van der Waals surface area contributed by atoms with E-state index in [9.17, 15) is 28.8 Å².